The minimum atomic E-state index is -0.752. The van der Waals surface area contributed by atoms with Gasteiger partial charge in [0.25, 0.3) is 0 Å². The van der Waals surface area contributed by atoms with Crippen LogP contribution in [0.15, 0.2) is 28.7 Å². The molecule has 21 heavy (non-hydrogen) atoms. The van der Waals surface area contributed by atoms with Crippen LogP contribution >= 0.6 is 15.9 Å². The zero-order valence-corrected chi connectivity index (χ0v) is 13.5. The summed E-state index contributed by atoms with van der Waals surface area (Å²) in [6, 6.07) is 7.18. The summed E-state index contributed by atoms with van der Waals surface area (Å²) in [4.78, 5) is 25.2. The fraction of sp³-hybridized carbons (Fsp3) is 0.467. The third-order valence-corrected chi connectivity index (χ3v) is 4.76. The number of amides is 2. The molecule has 5 nitrogen and oxygen atoms in total. The van der Waals surface area contributed by atoms with E-state index in [-0.39, 0.29) is 6.03 Å². The number of hydrogen-bond acceptors (Lipinski definition) is 2. The molecule has 1 aliphatic heterocycles. The van der Waals surface area contributed by atoms with Crippen molar-refractivity contribution in [1.29, 1.82) is 0 Å². The molecule has 2 amide bonds. The number of urea groups is 1. The minimum Gasteiger partial charge on any atom is -0.481 e. The molecular weight excluding hydrogens is 336 g/mol. The van der Waals surface area contributed by atoms with Crippen molar-refractivity contribution < 1.29 is 14.7 Å². The fourth-order valence-corrected chi connectivity index (χ4v) is 2.86. The Morgan fingerprint density at radius 3 is 2.33 bits per heavy atom. The number of nitrogens with one attached hydrogen (secondary N) is 1. The summed E-state index contributed by atoms with van der Waals surface area (Å²) in [5.41, 5.74) is 0.0581. The molecule has 2 N–H and O–H groups in total. The third-order valence-electron chi connectivity index (χ3n) is 4.23. The van der Waals surface area contributed by atoms with Crippen LogP contribution in [0.4, 0.5) is 10.5 Å². The van der Waals surface area contributed by atoms with Crippen LogP contribution in [0.1, 0.15) is 26.2 Å². The monoisotopic (exact) mass is 354 g/mol. The van der Waals surface area contributed by atoms with Gasteiger partial charge in [-0.2, -0.15) is 0 Å². The molecule has 0 bridgehead atoms. The van der Waals surface area contributed by atoms with E-state index in [4.69, 9.17) is 0 Å². The Balaban J connectivity index is 1.94. The van der Waals surface area contributed by atoms with E-state index in [1.165, 1.54) is 0 Å². The van der Waals surface area contributed by atoms with Crippen molar-refractivity contribution >= 4 is 33.6 Å². The summed E-state index contributed by atoms with van der Waals surface area (Å²) in [5.74, 6) is -0.752. The van der Waals surface area contributed by atoms with E-state index in [1.807, 2.05) is 31.2 Å². The Bertz CT molecular complexity index is 522. The first-order valence-corrected chi connectivity index (χ1v) is 7.81. The largest absolute Gasteiger partial charge is 0.481 e. The number of rotatable bonds is 3. The molecule has 2 rings (SSSR count). The average Bonchev–Trinajstić information content (AvgIpc) is 2.49. The highest BCUT2D eigenvalue weighted by Gasteiger charge is 2.40. The fourth-order valence-electron chi connectivity index (χ4n) is 2.59. The smallest absolute Gasteiger partial charge is 0.321 e. The number of carbonyl (C=O) groups is 2. The molecule has 1 heterocycles. The molecule has 0 unspecified atom stereocenters. The van der Waals surface area contributed by atoms with Gasteiger partial charge in [-0.1, -0.05) is 22.9 Å². The topological polar surface area (TPSA) is 69.6 Å². The van der Waals surface area contributed by atoms with Crippen molar-refractivity contribution in [2.24, 2.45) is 5.41 Å². The number of piperidine rings is 1. The maximum Gasteiger partial charge on any atom is 0.321 e. The third kappa shape index (κ3) is 3.56. The van der Waals surface area contributed by atoms with Crippen LogP contribution in [-0.2, 0) is 4.79 Å². The standard InChI is InChI=1S/C15H19BrN2O3/c1-2-15(13(19)20)7-9-18(10-8-15)14(21)17-12-5-3-11(16)4-6-12/h3-6H,2,7-10H2,1H3,(H,17,21)(H,19,20). The normalized spacial score (nSPS) is 17.3. The molecule has 1 aromatic rings. The van der Waals surface area contributed by atoms with Gasteiger partial charge in [0.2, 0.25) is 0 Å². The zero-order chi connectivity index (χ0) is 15.5. The van der Waals surface area contributed by atoms with E-state index < -0.39 is 11.4 Å². The summed E-state index contributed by atoms with van der Waals surface area (Å²) in [5, 5.41) is 12.2. The van der Waals surface area contributed by atoms with Crippen molar-refractivity contribution in [2.45, 2.75) is 26.2 Å². The summed E-state index contributed by atoms with van der Waals surface area (Å²) in [6.07, 6.45) is 1.61. The van der Waals surface area contributed by atoms with Gasteiger partial charge in [-0.3, -0.25) is 4.79 Å². The second-order valence-electron chi connectivity index (χ2n) is 5.36. The quantitative estimate of drug-likeness (QED) is 0.871. The summed E-state index contributed by atoms with van der Waals surface area (Å²) in [6.45, 7) is 2.84. The number of benzene rings is 1. The summed E-state index contributed by atoms with van der Waals surface area (Å²) < 4.78 is 0.952. The summed E-state index contributed by atoms with van der Waals surface area (Å²) in [7, 11) is 0. The van der Waals surface area contributed by atoms with Crippen molar-refractivity contribution in [3.8, 4) is 0 Å². The molecule has 0 radical (unpaired) electrons. The molecule has 0 spiro atoms. The molecule has 1 aliphatic rings. The van der Waals surface area contributed by atoms with E-state index in [0.29, 0.717) is 32.4 Å². The van der Waals surface area contributed by atoms with Crippen molar-refractivity contribution in [2.75, 3.05) is 18.4 Å². The lowest BCUT2D eigenvalue weighted by atomic mass is 9.76. The first-order valence-electron chi connectivity index (χ1n) is 7.02. The SMILES string of the molecule is CCC1(C(=O)O)CCN(C(=O)Nc2ccc(Br)cc2)CC1. The zero-order valence-electron chi connectivity index (χ0n) is 11.9. The van der Waals surface area contributed by atoms with Crippen molar-refractivity contribution in [3.05, 3.63) is 28.7 Å². The van der Waals surface area contributed by atoms with Gasteiger partial charge in [-0.05, 0) is 43.5 Å². The highest BCUT2D eigenvalue weighted by molar-refractivity contribution is 9.10. The summed E-state index contributed by atoms with van der Waals surface area (Å²) >= 11 is 3.34. The Kier molecular flexibility index (Phi) is 4.88. The molecule has 0 aliphatic carbocycles. The van der Waals surface area contributed by atoms with Crippen LogP contribution < -0.4 is 5.32 Å². The number of likely N-dealkylation sites (tertiary alicyclic amines) is 1. The first kappa shape index (κ1) is 15.8. The minimum absolute atomic E-state index is 0.174. The van der Waals surface area contributed by atoms with E-state index >= 15 is 0 Å². The van der Waals surface area contributed by atoms with Crippen molar-refractivity contribution in [3.63, 3.8) is 0 Å². The van der Waals surface area contributed by atoms with Crippen LogP contribution in [0.3, 0.4) is 0 Å². The number of hydrogen-bond donors (Lipinski definition) is 2. The van der Waals surface area contributed by atoms with Crippen LogP contribution in [-0.4, -0.2) is 35.1 Å². The highest BCUT2D eigenvalue weighted by Crippen LogP contribution is 2.35. The van der Waals surface area contributed by atoms with Crippen LogP contribution in [0.5, 0.6) is 0 Å². The number of carboxylic acid groups (broad SMARTS) is 1. The number of carboxylic acids is 1. The maximum absolute atomic E-state index is 12.2. The second-order valence-corrected chi connectivity index (χ2v) is 6.28. The van der Waals surface area contributed by atoms with Gasteiger partial charge >= 0.3 is 12.0 Å². The van der Waals surface area contributed by atoms with E-state index in [2.05, 4.69) is 21.2 Å². The Morgan fingerprint density at radius 2 is 1.86 bits per heavy atom. The van der Waals surface area contributed by atoms with Gasteiger partial charge in [-0.25, -0.2) is 4.79 Å². The van der Waals surface area contributed by atoms with Crippen LogP contribution in [0.25, 0.3) is 0 Å². The van der Waals surface area contributed by atoms with Gasteiger partial charge in [0, 0.05) is 23.2 Å². The lowest BCUT2D eigenvalue weighted by Crippen LogP contribution is -2.47. The van der Waals surface area contributed by atoms with E-state index in [0.717, 1.165) is 10.2 Å². The molecule has 1 saturated heterocycles. The molecule has 0 atom stereocenters. The molecule has 0 saturated carbocycles. The number of nitrogens with zero attached hydrogens (tertiary/aromatic N) is 1. The lowest BCUT2D eigenvalue weighted by Gasteiger charge is -2.38. The maximum atomic E-state index is 12.2. The Morgan fingerprint density at radius 1 is 1.29 bits per heavy atom. The Labute approximate surface area is 132 Å². The van der Waals surface area contributed by atoms with Gasteiger partial charge < -0.3 is 15.3 Å². The van der Waals surface area contributed by atoms with Crippen LogP contribution in [0.2, 0.25) is 0 Å². The molecule has 114 valence electrons. The lowest BCUT2D eigenvalue weighted by molar-refractivity contribution is -0.151. The number of aliphatic carboxylic acids is 1. The molecule has 1 aromatic carbocycles. The van der Waals surface area contributed by atoms with Crippen molar-refractivity contribution in [1.82, 2.24) is 4.90 Å². The van der Waals surface area contributed by atoms with Crippen LogP contribution in [0, 0.1) is 5.41 Å². The molecule has 6 heteroatoms. The highest BCUT2D eigenvalue weighted by atomic mass is 79.9. The first-order chi connectivity index (χ1) is 9.97. The molecular formula is C15H19BrN2O3. The predicted molar refractivity (Wildman–Crippen MR) is 84.3 cm³/mol. The average molecular weight is 355 g/mol. The molecule has 0 aromatic heterocycles. The Hall–Kier alpha value is -1.56. The van der Waals surface area contributed by atoms with E-state index in [9.17, 15) is 14.7 Å². The predicted octanol–water partition coefficient (Wildman–Crippen LogP) is 3.56. The molecule has 1 fully saturated rings. The number of carbonyl (C=O) groups excluding carboxylic acids is 1. The second kappa shape index (κ2) is 6.47. The number of anilines is 1. The van der Waals surface area contributed by atoms with Gasteiger partial charge in [-0.15, -0.1) is 0 Å². The van der Waals surface area contributed by atoms with E-state index in [1.54, 1.807) is 4.90 Å². The number of halogens is 1. The van der Waals surface area contributed by atoms with Gasteiger partial charge in [0.15, 0.2) is 0 Å². The van der Waals surface area contributed by atoms with Gasteiger partial charge in [0.1, 0.15) is 0 Å². The van der Waals surface area contributed by atoms with Gasteiger partial charge in [0.05, 0.1) is 5.41 Å².